The Hall–Kier alpha value is -4.57. The van der Waals surface area contributed by atoms with E-state index in [0.717, 1.165) is 22.5 Å². The number of hydrogen-bond acceptors (Lipinski definition) is 8. The van der Waals surface area contributed by atoms with Crippen molar-refractivity contribution in [3.63, 3.8) is 0 Å². The molecule has 10 heteroatoms. The number of carbonyl (C=O) groups is 2. The molecule has 1 aliphatic heterocycles. The zero-order chi connectivity index (χ0) is 29.6. The highest BCUT2D eigenvalue weighted by Gasteiger charge is 2.32. The van der Waals surface area contributed by atoms with Crippen LogP contribution >= 0.6 is 11.8 Å². The Morgan fingerprint density at radius 2 is 1.67 bits per heavy atom. The van der Waals surface area contributed by atoms with Crippen LogP contribution in [0.5, 0.6) is 17.2 Å². The van der Waals surface area contributed by atoms with Crippen LogP contribution in [0, 0.1) is 20.8 Å². The van der Waals surface area contributed by atoms with E-state index in [2.05, 4.69) is 15.3 Å². The summed E-state index contributed by atoms with van der Waals surface area (Å²) < 4.78 is 16.3. The average Bonchev–Trinajstić information content (AvgIpc) is 3.44. The van der Waals surface area contributed by atoms with Crippen molar-refractivity contribution in [1.82, 2.24) is 14.9 Å². The van der Waals surface area contributed by atoms with Gasteiger partial charge in [-0.15, -0.1) is 0 Å². The number of aryl methyl sites for hydroxylation is 3. The number of ether oxygens (including phenoxy) is 3. The lowest BCUT2D eigenvalue weighted by Crippen LogP contribution is -2.42. The van der Waals surface area contributed by atoms with Crippen LogP contribution in [0.25, 0.3) is 0 Å². The van der Waals surface area contributed by atoms with Gasteiger partial charge in [0, 0.05) is 29.7 Å². The van der Waals surface area contributed by atoms with Crippen LogP contribution in [-0.4, -0.2) is 46.3 Å². The van der Waals surface area contributed by atoms with Crippen LogP contribution in [0.3, 0.4) is 0 Å². The van der Waals surface area contributed by atoms with Crippen molar-refractivity contribution < 1.29 is 23.8 Å². The zero-order valence-corrected chi connectivity index (χ0v) is 24.7. The molecule has 0 bridgehead atoms. The molecule has 5 rings (SSSR count). The highest BCUT2D eigenvalue weighted by molar-refractivity contribution is 7.99. The number of benzene rings is 3. The van der Waals surface area contributed by atoms with Gasteiger partial charge in [-0.05, 0) is 67.8 Å². The van der Waals surface area contributed by atoms with Crippen molar-refractivity contribution in [2.75, 3.05) is 25.0 Å². The highest BCUT2D eigenvalue weighted by atomic mass is 32.2. The van der Waals surface area contributed by atoms with Crippen LogP contribution in [0.15, 0.2) is 78.0 Å². The molecule has 4 aromatic rings. The number of carbonyl (C=O) groups excluding carboxylic acids is 2. The standard InChI is InChI=1S/C32H32N4O5S/c1-20-7-5-6-8-24(20)17-36(29(37)18-42-32-33-21(2)15-22(3)34-32)30(23-9-12-26(39-4)13-10-23)31(38)35-25-11-14-27-28(16-25)41-19-40-27/h5-16,30H,17-19H2,1-4H3,(H,35,38)/t30-/m0/s1. The second-order valence-corrected chi connectivity index (χ2v) is 10.8. The molecule has 0 saturated carbocycles. The van der Waals surface area contributed by atoms with Crippen molar-refractivity contribution in [2.45, 2.75) is 38.5 Å². The largest absolute Gasteiger partial charge is 0.497 e. The molecule has 1 aliphatic rings. The van der Waals surface area contributed by atoms with Crippen molar-refractivity contribution in [3.05, 3.63) is 101 Å². The maximum Gasteiger partial charge on any atom is 0.251 e. The lowest BCUT2D eigenvalue weighted by Gasteiger charge is -2.32. The molecule has 2 heterocycles. The Labute approximate surface area is 249 Å². The Kier molecular flexibility index (Phi) is 8.92. The number of hydrogen-bond donors (Lipinski definition) is 1. The maximum atomic E-state index is 14.1. The van der Waals surface area contributed by atoms with E-state index in [1.165, 1.54) is 11.8 Å². The Bertz CT molecular complexity index is 1570. The van der Waals surface area contributed by atoms with Crippen LogP contribution in [0.4, 0.5) is 5.69 Å². The average molecular weight is 585 g/mol. The fourth-order valence-corrected chi connectivity index (χ4v) is 5.54. The van der Waals surface area contributed by atoms with Crippen LogP contribution in [-0.2, 0) is 16.1 Å². The van der Waals surface area contributed by atoms with Crippen molar-refractivity contribution >= 4 is 29.3 Å². The first-order chi connectivity index (χ1) is 20.3. The van der Waals surface area contributed by atoms with E-state index in [1.54, 1.807) is 54.5 Å². The molecule has 216 valence electrons. The van der Waals surface area contributed by atoms with Gasteiger partial charge >= 0.3 is 0 Å². The zero-order valence-electron chi connectivity index (χ0n) is 23.9. The highest BCUT2D eigenvalue weighted by Crippen LogP contribution is 2.35. The van der Waals surface area contributed by atoms with Gasteiger partial charge < -0.3 is 24.4 Å². The van der Waals surface area contributed by atoms with Crippen molar-refractivity contribution in [3.8, 4) is 17.2 Å². The molecule has 1 atom stereocenters. The van der Waals surface area contributed by atoms with E-state index in [4.69, 9.17) is 14.2 Å². The number of nitrogens with one attached hydrogen (secondary N) is 1. The topological polar surface area (TPSA) is 103 Å². The normalized spacial score (nSPS) is 12.5. The summed E-state index contributed by atoms with van der Waals surface area (Å²) >= 11 is 1.25. The third kappa shape index (κ3) is 6.83. The summed E-state index contributed by atoms with van der Waals surface area (Å²) in [5.74, 6) is 1.26. The minimum Gasteiger partial charge on any atom is -0.497 e. The minimum absolute atomic E-state index is 0.0543. The monoisotopic (exact) mass is 584 g/mol. The number of amides is 2. The smallest absolute Gasteiger partial charge is 0.251 e. The molecule has 0 unspecified atom stereocenters. The second-order valence-electron chi connectivity index (χ2n) is 9.90. The van der Waals surface area contributed by atoms with Gasteiger partial charge in [-0.3, -0.25) is 9.59 Å². The quantitative estimate of drug-likeness (QED) is 0.189. The van der Waals surface area contributed by atoms with E-state index >= 15 is 0 Å². The second kappa shape index (κ2) is 12.9. The van der Waals surface area contributed by atoms with Crippen LogP contribution < -0.4 is 19.5 Å². The predicted molar refractivity (Wildman–Crippen MR) is 161 cm³/mol. The number of nitrogens with zero attached hydrogens (tertiary/aromatic N) is 3. The third-order valence-corrected chi connectivity index (χ3v) is 7.67. The molecule has 0 fully saturated rings. The molecule has 42 heavy (non-hydrogen) atoms. The van der Waals surface area contributed by atoms with E-state index in [-0.39, 0.29) is 30.9 Å². The van der Waals surface area contributed by atoms with Gasteiger partial charge in [-0.1, -0.05) is 48.2 Å². The SMILES string of the molecule is COc1ccc([C@@H](C(=O)Nc2ccc3c(c2)OCO3)N(Cc2ccccc2C)C(=O)CSc2nc(C)cc(C)n2)cc1. The summed E-state index contributed by atoms with van der Waals surface area (Å²) in [5.41, 5.74) is 4.78. The summed E-state index contributed by atoms with van der Waals surface area (Å²) in [5, 5.41) is 3.51. The molecule has 0 radical (unpaired) electrons. The fourth-order valence-electron chi connectivity index (χ4n) is 4.71. The van der Waals surface area contributed by atoms with Gasteiger partial charge in [0.1, 0.15) is 11.8 Å². The van der Waals surface area contributed by atoms with Crippen LogP contribution in [0.2, 0.25) is 0 Å². The molecular formula is C32H32N4O5S. The summed E-state index contributed by atoms with van der Waals surface area (Å²) in [6.45, 7) is 6.13. The molecule has 9 nitrogen and oxygen atoms in total. The maximum absolute atomic E-state index is 14.1. The number of thioether (sulfide) groups is 1. The molecule has 1 aromatic heterocycles. The molecular weight excluding hydrogens is 552 g/mol. The van der Waals surface area contributed by atoms with Gasteiger partial charge in [0.2, 0.25) is 12.7 Å². The first kappa shape index (κ1) is 28.9. The van der Waals surface area contributed by atoms with Crippen molar-refractivity contribution in [1.29, 1.82) is 0 Å². The molecule has 1 N–H and O–H groups in total. The van der Waals surface area contributed by atoms with Crippen molar-refractivity contribution in [2.24, 2.45) is 0 Å². The molecule has 0 aliphatic carbocycles. The fraction of sp³-hybridized carbons (Fsp3) is 0.250. The summed E-state index contributed by atoms with van der Waals surface area (Å²) in [6.07, 6.45) is 0. The molecule has 0 saturated heterocycles. The van der Waals surface area contributed by atoms with E-state index < -0.39 is 6.04 Å². The van der Waals surface area contributed by atoms with Crippen LogP contribution in [0.1, 0.15) is 34.1 Å². The third-order valence-electron chi connectivity index (χ3n) is 6.84. The van der Waals surface area contributed by atoms with E-state index in [0.29, 0.717) is 33.7 Å². The Morgan fingerprint density at radius 1 is 0.952 bits per heavy atom. The Balaban J connectivity index is 1.50. The first-order valence-corrected chi connectivity index (χ1v) is 14.4. The van der Waals surface area contributed by atoms with Gasteiger partial charge in [0.25, 0.3) is 5.91 Å². The van der Waals surface area contributed by atoms with Gasteiger partial charge in [-0.2, -0.15) is 0 Å². The minimum atomic E-state index is -0.950. The molecule has 3 aromatic carbocycles. The van der Waals surface area contributed by atoms with E-state index in [9.17, 15) is 9.59 Å². The van der Waals surface area contributed by atoms with E-state index in [1.807, 2.05) is 51.1 Å². The summed E-state index contributed by atoms with van der Waals surface area (Å²) in [6, 6.07) is 21.2. The lowest BCUT2D eigenvalue weighted by molar-refractivity contribution is -0.137. The summed E-state index contributed by atoms with van der Waals surface area (Å²) in [7, 11) is 1.58. The predicted octanol–water partition coefficient (Wildman–Crippen LogP) is 5.64. The van der Waals surface area contributed by atoms with Gasteiger partial charge in [-0.25, -0.2) is 9.97 Å². The number of aromatic nitrogens is 2. The van der Waals surface area contributed by atoms with Gasteiger partial charge in [0.15, 0.2) is 16.7 Å². The number of methoxy groups -OCH3 is 1. The van der Waals surface area contributed by atoms with Gasteiger partial charge in [0.05, 0.1) is 12.9 Å². The molecule has 0 spiro atoms. The summed E-state index contributed by atoms with van der Waals surface area (Å²) in [4.78, 5) is 38.7. The lowest BCUT2D eigenvalue weighted by atomic mass is 10.0. The Morgan fingerprint density at radius 3 is 2.38 bits per heavy atom. The molecule has 2 amide bonds. The number of fused-ring (bicyclic) bond motifs is 1. The number of rotatable bonds is 10. The first-order valence-electron chi connectivity index (χ1n) is 13.4. The number of anilines is 1.